The summed E-state index contributed by atoms with van der Waals surface area (Å²) in [5.41, 5.74) is 0.430. The second-order valence-electron chi connectivity index (χ2n) is 5.87. The van der Waals surface area contributed by atoms with Crippen LogP contribution in [0.4, 0.5) is 18.9 Å². The van der Waals surface area contributed by atoms with Gasteiger partial charge in [-0.3, -0.25) is 4.79 Å². The molecule has 0 radical (unpaired) electrons. The fraction of sp³-hybridized carbons (Fsp3) is 0.111. The molecule has 4 rings (SSSR count). The van der Waals surface area contributed by atoms with Crippen LogP contribution < -0.4 is 5.32 Å². The van der Waals surface area contributed by atoms with E-state index in [0.29, 0.717) is 17.6 Å². The number of aromatic nitrogens is 2. The third-order valence-corrected chi connectivity index (χ3v) is 4.20. The van der Waals surface area contributed by atoms with Crippen molar-refractivity contribution in [3.05, 3.63) is 65.4 Å². The molecule has 1 aliphatic rings. The Kier molecular flexibility index (Phi) is 3.68. The predicted molar refractivity (Wildman–Crippen MR) is 88.8 cm³/mol. The van der Waals surface area contributed by atoms with E-state index in [1.54, 1.807) is 4.57 Å². The van der Waals surface area contributed by atoms with Gasteiger partial charge in [0, 0.05) is 25.1 Å². The molecule has 3 aromatic rings. The van der Waals surface area contributed by atoms with Crippen LogP contribution >= 0.6 is 0 Å². The van der Waals surface area contributed by atoms with E-state index in [1.807, 2.05) is 0 Å². The van der Waals surface area contributed by atoms with E-state index < -0.39 is 23.4 Å². The standard InChI is InChI=1S/C18H12F3N3O2/c19-9-1-3-11(21)12(7-9)23-18(26)16-15(25)5-6-24-14-4-2-10(20)8-13(14)22-17(16)24/h1-4,7-8,25H,5-6H2,(H,23,26). The molecule has 1 aromatic heterocycles. The van der Waals surface area contributed by atoms with E-state index in [-0.39, 0.29) is 29.3 Å². The molecule has 0 aliphatic carbocycles. The number of nitrogens with one attached hydrogen (secondary N) is 1. The van der Waals surface area contributed by atoms with E-state index >= 15 is 0 Å². The van der Waals surface area contributed by atoms with Gasteiger partial charge in [0.1, 0.15) is 34.6 Å². The Morgan fingerprint density at radius 2 is 1.85 bits per heavy atom. The number of anilines is 1. The molecule has 0 saturated heterocycles. The maximum atomic E-state index is 13.8. The van der Waals surface area contributed by atoms with Crippen molar-refractivity contribution in [1.82, 2.24) is 9.55 Å². The maximum Gasteiger partial charge on any atom is 0.262 e. The molecule has 2 N–H and O–H groups in total. The van der Waals surface area contributed by atoms with Crippen LogP contribution in [0.15, 0.2) is 42.2 Å². The number of allylic oxidation sites excluding steroid dienone is 1. The van der Waals surface area contributed by atoms with Crippen molar-refractivity contribution < 1.29 is 23.1 Å². The third kappa shape index (κ3) is 2.59. The number of benzene rings is 2. The van der Waals surface area contributed by atoms with Gasteiger partial charge in [-0.05, 0) is 24.3 Å². The van der Waals surface area contributed by atoms with Crippen molar-refractivity contribution in [2.75, 3.05) is 5.32 Å². The lowest BCUT2D eigenvalue weighted by molar-refractivity contribution is -0.111. The Balaban J connectivity index is 1.78. The van der Waals surface area contributed by atoms with Crippen molar-refractivity contribution in [2.24, 2.45) is 0 Å². The number of aliphatic hydroxyl groups is 1. The summed E-state index contributed by atoms with van der Waals surface area (Å²) in [5.74, 6) is -2.92. The molecule has 0 saturated carbocycles. The topological polar surface area (TPSA) is 67.2 Å². The van der Waals surface area contributed by atoms with Gasteiger partial charge in [0.2, 0.25) is 0 Å². The summed E-state index contributed by atoms with van der Waals surface area (Å²) in [4.78, 5) is 16.8. The van der Waals surface area contributed by atoms with E-state index in [4.69, 9.17) is 0 Å². The van der Waals surface area contributed by atoms with Crippen molar-refractivity contribution in [3.63, 3.8) is 0 Å². The molecule has 0 fully saturated rings. The van der Waals surface area contributed by atoms with Crippen LogP contribution in [0.3, 0.4) is 0 Å². The summed E-state index contributed by atoms with van der Waals surface area (Å²) in [5, 5.41) is 12.4. The Morgan fingerprint density at radius 3 is 2.65 bits per heavy atom. The van der Waals surface area contributed by atoms with Crippen molar-refractivity contribution in [1.29, 1.82) is 0 Å². The largest absolute Gasteiger partial charge is 0.511 e. The van der Waals surface area contributed by atoms with Crippen molar-refractivity contribution in [2.45, 2.75) is 13.0 Å². The molecule has 2 aromatic carbocycles. The number of nitrogens with zero attached hydrogens (tertiary/aromatic N) is 2. The minimum absolute atomic E-state index is 0.142. The van der Waals surface area contributed by atoms with Gasteiger partial charge >= 0.3 is 0 Å². The van der Waals surface area contributed by atoms with Crippen LogP contribution in [0.5, 0.6) is 0 Å². The highest BCUT2D eigenvalue weighted by Crippen LogP contribution is 2.31. The number of fused-ring (bicyclic) bond motifs is 3. The van der Waals surface area contributed by atoms with E-state index in [2.05, 4.69) is 10.3 Å². The molecule has 5 nitrogen and oxygen atoms in total. The lowest BCUT2D eigenvalue weighted by atomic mass is 10.1. The number of rotatable bonds is 2. The van der Waals surface area contributed by atoms with Gasteiger partial charge in [0.25, 0.3) is 5.91 Å². The Bertz CT molecular complexity index is 1090. The highest BCUT2D eigenvalue weighted by Gasteiger charge is 2.28. The molecule has 0 spiro atoms. The zero-order valence-corrected chi connectivity index (χ0v) is 13.3. The number of halogens is 3. The highest BCUT2D eigenvalue weighted by atomic mass is 19.1. The van der Waals surface area contributed by atoms with Gasteiger partial charge in [-0.25, -0.2) is 18.2 Å². The van der Waals surface area contributed by atoms with Crippen LogP contribution in [-0.4, -0.2) is 20.6 Å². The fourth-order valence-electron chi connectivity index (χ4n) is 3.00. The van der Waals surface area contributed by atoms with Gasteiger partial charge in [-0.1, -0.05) is 0 Å². The summed E-state index contributed by atoms with van der Waals surface area (Å²) in [6, 6.07) is 6.68. The minimum atomic E-state index is -0.830. The molecule has 8 heteroatoms. The highest BCUT2D eigenvalue weighted by molar-refractivity contribution is 6.25. The van der Waals surface area contributed by atoms with Crippen molar-refractivity contribution in [3.8, 4) is 0 Å². The number of amides is 1. The first-order valence-electron chi connectivity index (χ1n) is 7.78. The Hall–Kier alpha value is -3.29. The van der Waals surface area contributed by atoms with Gasteiger partial charge in [0.15, 0.2) is 0 Å². The summed E-state index contributed by atoms with van der Waals surface area (Å²) in [6.07, 6.45) is 0.157. The predicted octanol–water partition coefficient (Wildman–Crippen LogP) is 3.77. The monoisotopic (exact) mass is 359 g/mol. The Labute approximate surface area is 145 Å². The average Bonchev–Trinajstić information content (AvgIpc) is 2.94. The van der Waals surface area contributed by atoms with E-state index in [9.17, 15) is 23.1 Å². The van der Waals surface area contributed by atoms with E-state index in [1.165, 1.54) is 18.2 Å². The van der Waals surface area contributed by atoms with Gasteiger partial charge in [-0.2, -0.15) is 0 Å². The summed E-state index contributed by atoms with van der Waals surface area (Å²) >= 11 is 0. The summed E-state index contributed by atoms with van der Waals surface area (Å²) in [7, 11) is 0. The molecule has 0 unspecified atom stereocenters. The quantitative estimate of drug-likeness (QED) is 0.732. The molecular weight excluding hydrogens is 347 g/mol. The van der Waals surface area contributed by atoms with Gasteiger partial charge in [0.05, 0.1) is 16.7 Å². The van der Waals surface area contributed by atoms with Gasteiger partial charge in [-0.15, -0.1) is 0 Å². The number of aryl methyl sites for hydroxylation is 1. The second kappa shape index (κ2) is 5.91. The molecule has 132 valence electrons. The van der Waals surface area contributed by atoms with Crippen LogP contribution in [0.25, 0.3) is 16.6 Å². The Morgan fingerprint density at radius 1 is 1.12 bits per heavy atom. The van der Waals surface area contributed by atoms with Crippen LogP contribution in [0, 0.1) is 17.5 Å². The normalized spacial score (nSPS) is 13.8. The number of aliphatic hydroxyl groups excluding tert-OH is 1. The van der Waals surface area contributed by atoms with Gasteiger partial charge < -0.3 is 15.0 Å². The van der Waals surface area contributed by atoms with Crippen LogP contribution in [-0.2, 0) is 11.3 Å². The second-order valence-corrected chi connectivity index (χ2v) is 5.87. The fourth-order valence-corrected chi connectivity index (χ4v) is 3.00. The maximum absolute atomic E-state index is 13.8. The molecular formula is C18H12F3N3O2. The molecule has 0 atom stereocenters. The first kappa shape index (κ1) is 16.2. The minimum Gasteiger partial charge on any atom is -0.511 e. The van der Waals surface area contributed by atoms with Crippen molar-refractivity contribution >= 4 is 28.2 Å². The lowest BCUT2D eigenvalue weighted by Crippen LogP contribution is -2.22. The third-order valence-electron chi connectivity index (χ3n) is 4.20. The number of hydrogen-bond donors (Lipinski definition) is 2. The molecule has 1 amide bonds. The average molecular weight is 359 g/mol. The zero-order valence-electron chi connectivity index (χ0n) is 13.3. The molecule has 1 aliphatic heterocycles. The number of hydrogen-bond acceptors (Lipinski definition) is 3. The van der Waals surface area contributed by atoms with Crippen LogP contribution in [0.1, 0.15) is 12.2 Å². The molecule has 26 heavy (non-hydrogen) atoms. The van der Waals surface area contributed by atoms with E-state index in [0.717, 1.165) is 18.2 Å². The molecule has 0 bridgehead atoms. The number of carbonyl (C=O) groups excluding carboxylic acids is 1. The summed E-state index contributed by atoms with van der Waals surface area (Å²) in [6.45, 7) is 0.356. The summed E-state index contributed by atoms with van der Waals surface area (Å²) < 4.78 is 42.2. The smallest absolute Gasteiger partial charge is 0.262 e. The zero-order chi connectivity index (χ0) is 18.4. The first-order valence-corrected chi connectivity index (χ1v) is 7.78. The number of carbonyl (C=O) groups is 1. The lowest BCUT2D eigenvalue weighted by Gasteiger charge is -2.18. The SMILES string of the molecule is O=C(Nc1cc(F)ccc1F)C1=C(O)CCn2c1nc1cc(F)ccc12. The molecule has 2 heterocycles. The first-order chi connectivity index (χ1) is 12.4. The van der Waals surface area contributed by atoms with Crippen LogP contribution in [0.2, 0.25) is 0 Å². The number of imidazole rings is 1.